The molecule has 9 nitrogen and oxygen atoms in total. The van der Waals surface area contributed by atoms with Crippen molar-refractivity contribution >= 4 is 17.5 Å². The summed E-state index contributed by atoms with van der Waals surface area (Å²) < 4.78 is 54.8. The average molecular weight is 444 g/mol. The highest BCUT2D eigenvalue weighted by molar-refractivity contribution is 5.59. The van der Waals surface area contributed by atoms with Crippen molar-refractivity contribution in [2.24, 2.45) is 0 Å². The minimum Gasteiger partial charge on any atom is -0.467 e. The van der Waals surface area contributed by atoms with Gasteiger partial charge in [-0.1, -0.05) is 17.2 Å². The number of anilines is 3. The van der Waals surface area contributed by atoms with Crippen LogP contribution in [0.1, 0.15) is 5.56 Å². The first-order valence-corrected chi connectivity index (χ1v) is 9.05. The number of nitrogen functional groups attached to an aromatic ring is 1. The number of aromatic nitrogens is 4. The lowest BCUT2D eigenvalue weighted by atomic mass is 10.2. The van der Waals surface area contributed by atoms with Gasteiger partial charge < -0.3 is 24.9 Å². The predicted molar refractivity (Wildman–Crippen MR) is 108 cm³/mol. The molecule has 0 bridgehead atoms. The van der Waals surface area contributed by atoms with E-state index in [1.54, 1.807) is 24.3 Å². The molecule has 164 valence electrons. The second-order valence-corrected chi connectivity index (χ2v) is 6.36. The number of nitrogens with one attached hydrogen (secondary N) is 1. The van der Waals surface area contributed by atoms with Gasteiger partial charge in [0.1, 0.15) is 11.6 Å². The fourth-order valence-corrected chi connectivity index (χ4v) is 2.66. The van der Waals surface area contributed by atoms with Gasteiger partial charge in [0.15, 0.2) is 0 Å². The lowest BCUT2D eigenvalue weighted by molar-refractivity contribution is -0.137. The first kappa shape index (κ1) is 20.9. The molecule has 0 radical (unpaired) electrons. The van der Waals surface area contributed by atoms with Crippen LogP contribution in [0, 0.1) is 0 Å². The molecule has 2 aromatic carbocycles. The summed E-state index contributed by atoms with van der Waals surface area (Å²) in [5, 5.41) is 10.4. The number of nitrogens with two attached hydrogens (primary N) is 1. The van der Waals surface area contributed by atoms with Crippen molar-refractivity contribution in [3.8, 4) is 29.1 Å². The lowest BCUT2D eigenvalue weighted by Gasteiger charge is -2.08. The van der Waals surface area contributed by atoms with Gasteiger partial charge in [-0.15, -0.1) is 5.10 Å². The van der Waals surface area contributed by atoms with E-state index in [0.29, 0.717) is 11.3 Å². The fraction of sp³-hybridized carbons (Fsp3) is 0.100. The second kappa shape index (κ2) is 8.41. The Hall–Kier alpha value is -4.35. The van der Waals surface area contributed by atoms with Crippen LogP contribution in [0.4, 0.5) is 30.7 Å². The third-order valence-electron chi connectivity index (χ3n) is 4.05. The van der Waals surface area contributed by atoms with Crippen LogP contribution in [0.2, 0.25) is 0 Å². The van der Waals surface area contributed by atoms with Gasteiger partial charge in [-0.05, 0) is 36.4 Å². The van der Waals surface area contributed by atoms with E-state index in [9.17, 15) is 13.2 Å². The molecule has 0 saturated heterocycles. The van der Waals surface area contributed by atoms with Crippen LogP contribution in [0.3, 0.4) is 0 Å². The number of hydrogen-bond donors (Lipinski definition) is 2. The first-order chi connectivity index (χ1) is 15.3. The summed E-state index contributed by atoms with van der Waals surface area (Å²) in [4.78, 5) is 7.92. The molecule has 4 rings (SSSR count). The van der Waals surface area contributed by atoms with E-state index in [1.165, 1.54) is 25.3 Å². The van der Waals surface area contributed by atoms with Crippen molar-refractivity contribution in [3.63, 3.8) is 0 Å². The molecule has 12 heteroatoms. The molecule has 0 aliphatic rings. The minimum absolute atomic E-state index is 0.0540. The highest BCUT2D eigenvalue weighted by Crippen LogP contribution is 2.32. The van der Waals surface area contributed by atoms with E-state index < -0.39 is 11.7 Å². The number of alkyl halides is 3. The summed E-state index contributed by atoms with van der Waals surface area (Å²) in [6, 6.07) is 12.7. The summed E-state index contributed by atoms with van der Waals surface area (Å²) in [5.41, 5.74) is 5.57. The minimum atomic E-state index is -4.46. The number of benzene rings is 2. The Kier molecular flexibility index (Phi) is 5.50. The number of ether oxygens (including phenoxy) is 2. The van der Waals surface area contributed by atoms with E-state index in [0.717, 1.165) is 12.1 Å². The molecule has 0 saturated carbocycles. The first-order valence-electron chi connectivity index (χ1n) is 9.05. The summed E-state index contributed by atoms with van der Waals surface area (Å²) in [6.45, 7) is 0. The molecule has 32 heavy (non-hydrogen) atoms. The van der Waals surface area contributed by atoms with Gasteiger partial charge in [-0.2, -0.15) is 23.1 Å². The highest BCUT2D eigenvalue weighted by atomic mass is 19.4. The Balaban J connectivity index is 1.52. The third kappa shape index (κ3) is 4.86. The molecule has 0 amide bonds. The van der Waals surface area contributed by atoms with E-state index >= 15 is 0 Å². The van der Waals surface area contributed by atoms with E-state index in [2.05, 4.69) is 25.5 Å². The fourth-order valence-electron chi connectivity index (χ4n) is 2.66. The average Bonchev–Trinajstić information content (AvgIpc) is 3.21. The monoisotopic (exact) mass is 444 g/mol. The van der Waals surface area contributed by atoms with Gasteiger partial charge in [0.25, 0.3) is 0 Å². The lowest BCUT2D eigenvalue weighted by Crippen LogP contribution is -2.05. The van der Waals surface area contributed by atoms with Gasteiger partial charge in [-0.25, -0.2) is 0 Å². The van der Waals surface area contributed by atoms with Crippen LogP contribution in [0.15, 0.2) is 59.0 Å². The maximum Gasteiger partial charge on any atom is 0.416 e. The Morgan fingerprint density at radius 1 is 1.00 bits per heavy atom. The molecular formula is C20H15F3N6O3. The van der Waals surface area contributed by atoms with Gasteiger partial charge in [0.05, 0.1) is 12.7 Å². The van der Waals surface area contributed by atoms with Crippen molar-refractivity contribution < 1.29 is 27.1 Å². The van der Waals surface area contributed by atoms with Gasteiger partial charge >= 0.3 is 18.2 Å². The van der Waals surface area contributed by atoms with Gasteiger partial charge in [0, 0.05) is 17.3 Å². The Morgan fingerprint density at radius 3 is 2.59 bits per heavy atom. The van der Waals surface area contributed by atoms with Crippen LogP contribution in [0.25, 0.3) is 11.5 Å². The molecule has 0 unspecified atom stereocenters. The zero-order valence-corrected chi connectivity index (χ0v) is 16.4. The maximum atomic E-state index is 12.9. The molecule has 2 heterocycles. The van der Waals surface area contributed by atoms with Crippen molar-refractivity contribution in [1.29, 1.82) is 0 Å². The van der Waals surface area contributed by atoms with E-state index in [4.69, 9.17) is 19.6 Å². The molecule has 0 spiro atoms. The molecule has 0 aliphatic carbocycles. The number of halogens is 3. The van der Waals surface area contributed by atoms with Crippen molar-refractivity contribution in [3.05, 3.63) is 60.2 Å². The summed E-state index contributed by atoms with van der Waals surface area (Å²) in [6.07, 6.45) is -4.46. The smallest absolute Gasteiger partial charge is 0.416 e. The van der Waals surface area contributed by atoms with Crippen LogP contribution in [-0.2, 0) is 6.18 Å². The van der Waals surface area contributed by atoms with E-state index in [1.807, 2.05) is 0 Å². The normalized spacial score (nSPS) is 11.2. The second-order valence-electron chi connectivity index (χ2n) is 6.36. The molecule has 0 atom stereocenters. The predicted octanol–water partition coefficient (Wildman–Crippen LogP) is 4.67. The largest absolute Gasteiger partial charge is 0.467 e. The maximum absolute atomic E-state index is 12.9. The molecule has 3 N–H and O–H groups in total. The molecule has 0 aliphatic heterocycles. The zero-order chi connectivity index (χ0) is 22.7. The molecule has 2 aromatic heterocycles. The SMILES string of the molecule is COc1nc(N)cc(Oc2cccc(-c3nnc(Nc4cccc(C(F)(F)F)c4)o3)c2)n1. The summed E-state index contributed by atoms with van der Waals surface area (Å²) in [7, 11) is 1.40. The topological polar surface area (TPSA) is 121 Å². The van der Waals surface area contributed by atoms with Crippen LogP contribution in [0.5, 0.6) is 17.6 Å². The van der Waals surface area contributed by atoms with Crippen LogP contribution >= 0.6 is 0 Å². The number of nitrogens with zero attached hydrogens (tertiary/aromatic N) is 4. The third-order valence-corrected chi connectivity index (χ3v) is 4.05. The number of rotatable bonds is 6. The zero-order valence-electron chi connectivity index (χ0n) is 16.4. The van der Waals surface area contributed by atoms with Crippen molar-refractivity contribution in [2.45, 2.75) is 6.18 Å². The Labute approximate surface area is 179 Å². The highest BCUT2D eigenvalue weighted by Gasteiger charge is 2.30. The van der Waals surface area contributed by atoms with Gasteiger partial charge in [0.2, 0.25) is 11.8 Å². The molecule has 4 aromatic rings. The Morgan fingerprint density at radius 2 is 1.81 bits per heavy atom. The van der Waals surface area contributed by atoms with E-state index in [-0.39, 0.29) is 35.3 Å². The molecular weight excluding hydrogens is 429 g/mol. The van der Waals surface area contributed by atoms with Crippen molar-refractivity contribution in [2.75, 3.05) is 18.2 Å². The quantitative estimate of drug-likeness (QED) is 0.437. The standard InChI is InChI=1S/C20H15F3N6O3/c1-30-18-26-15(24)10-16(27-18)31-14-7-2-4-11(8-14)17-28-29-19(32-17)25-13-6-3-5-12(9-13)20(21,22)23/h2-10H,1H3,(H,25,29)(H2,24,26,27). The number of hydrogen-bond acceptors (Lipinski definition) is 9. The van der Waals surface area contributed by atoms with Crippen LogP contribution < -0.4 is 20.5 Å². The van der Waals surface area contributed by atoms with Crippen molar-refractivity contribution in [1.82, 2.24) is 20.2 Å². The van der Waals surface area contributed by atoms with Crippen LogP contribution in [-0.4, -0.2) is 27.3 Å². The number of methoxy groups -OCH3 is 1. The summed E-state index contributed by atoms with van der Waals surface area (Å²) >= 11 is 0. The summed E-state index contributed by atoms with van der Waals surface area (Å²) in [5.74, 6) is 0.868. The Bertz CT molecular complexity index is 1250. The van der Waals surface area contributed by atoms with Gasteiger partial charge in [-0.3, -0.25) is 0 Å². The molecule has 0 fully saturated rings.